The molecule has 0 aromatic heterocycles. The van der Waals surface area contributed by atoms with Crippen LogP contribution < -0.4 is 11.1 Å². The van der Waals surface area contributed by atoms with Crippen molar-refractivity contribution >= 4 is 17.6 Å². The minimum atomic E-state index is -0.637. The van der Waals surface area contributed by atoms with E-state index in [1.54, 1.807) is 32.0 Å². The lowest BCUT2D eigenvalue weighted by Crippen LogP contribution is -2.32. The molecule has 140 valence electrons. The zero-order valence-corrected chi connectivity index (χ0v) is 15.4. The number of carbonyl (C=O) groups is 2. The van der Waals surface area contributed by atoms with Crippen molar-refractivity contribution in [3.63, 3.8) is 0 Å². The molecule has 1 heterocycles. The maximum absolute atomic E-state index is 12.7. The maximum atomic E-state index is 12.7. The molecule has 1 aromatic carbocycles. The second-order valence-corrected chi connectivity index (χ2v) is 5.93. The number of esters is 2. The zero-order chi connectivity index (χ0) is 19.3. The highest BCUT2D eigenvalue weighted by atomic mass is 16.6. The third-order valence-corrected chi connectivity index (χ3v) is 4.15. The second kappa shape index (κ2) is 8.53. The van der Waals surface area contributed by atoms with E-state index in [-0.39, 0.29) is 13.2 Å². The van der Waals surface area contributed by atoms with Crippen molar-refractivity contribution in [2.75, 3.05) is 33.2 Å². The Labute approximate surface area is 152 Å². The summed E-state index contributed by atoms with van der Waals surface area (Å²) in [6, 6.07) is 7.08. The highest BCUT2D eigenvalue weighted by molar-refractivity contribution is 5.99. The number of rotatable bonds is 6. The first-order chi connectivity index (χ1) is 12.4. The Morgan fingerprint density at radius 3 is 2.31 bits per heavy atom. The van der Waals surface area contributed by atoms with Crippen LogP contribution in [0.2, 0.25) is 0 Å². The molecule has 7 nitrogen and oxygen atoms in total. The van der Waals surface area contributed by atoms with E-state index in [0.29, 0.717) is 33.8 Å². The van der Waals surface area contributed by atoms with E-state index in [1.165, 1.54) is 14.2 Å². The third-order valence-electron chi connectivity index (χ3n) is 4.15. The molecule has 0 fully saturated rings. The topological polar surface area (TPSA) is 99.9 Å². The summed E-state index contributed by atoms with van der Waals surface area (Å²) < 4.78 is 15.2. The SMILES string of the molecule is COCCOC(=O)C1=C(C)NC(C)=C(C(=O)OC)C1c1cccc(N)c1. The lowest BCUT2D eigenvalue weighted by Gasteiger charge is -2.30. The number of dihydropyridines is 1. The summed E-state index contributed by atoms with van der Waals surface area (Å²) in [7, 11) is 2.83. The Balaban J connectivity index is 2.54. The predicted octanol–water partition coefficient (Wildman–Crippen LogP) is 1.87. The van der Waals surface area contributed by atoms with Crippen molar-refractivity contribution in [1.29, 1.82) is 0 Å². The van der Waals surface area contributed by atoms with Crippen LogP contribution in [-0.4, -0.2) is 39.4 Å². The molecule has 3 N–H and O–H groups in total. The molecule has 1 aliphatic rings. The fourth-order valence-corrected chi connectivity index (χ4v) is 3.01. The van der Waals surface area contributed by atoms with Crippen LogP contribution in [0.1, 0.15) is 25.3 Å². The van der Waals surface area contributed by atoms with E-state index >= 15 is 0 Å². The van der Waals surface area contributed by atoms with Crippen LogP contribution in [0.4, 0.5) is 5.69 Å². The molecule has 1 aliphatic heterocycles. The lowest BCUT2D eigenvalue weighted by molar-refractivity contribution is -0.140. The molecule has 0 radical (unpaired) electrons. The van der Waals surface area contributed by atoms with Gasteiger partial charge in [-0.1, -0.05) is 12.1 Å². The third kappa shape index (κ3) is 4.05. The van der Waals surface area contributed by atoms with Crippen molar-refractivity contribution in [2.24, 2.45) is 0 Å². The summed E-state index contributed by atoms with van der Waals surface area (Å²) >= 11 is 0. The molecule has 0 spiro atoms. The first kappa shape index (κ1) is 19.5. The number of nitrogens with one attached hydrogen (secondary N) is 1. The minimum absolute atomic E-state index is 0.117. The molecule has 7 heteroatoms. The smallest absolute Gasteiger partial charge is 0.336 e. The molecule has 0 amide bonds. The van der Waals surface area contributed by atoms with Gasteiger partial charge in [0.1, 0.15) is 6.61 Å². The normalized spacial score (nSPS) is 17.0. The van der Waals surface area contributed by atoms with Crippen molar-refractivity contribution in [2.45, 2.75) is 19.8 Å². The standard InChI is InChI=1S/C19H24N2O5/c1-11-15(18(22)25-4)17(13-6-5-7-14(20)10-13)16(12(2)21-11)19(23)26-9-8-24-3/h5-7,10,17,21H,8-9,20H2,1-4H3. The summed E-state index contributed by atoms with van der Waals surface area (Å²) in [5.74, 6) is -1.67. The summed E-state index contributed by atoms with van der Waals surface area (Å²) in [6.45, 7) is 3.94. The highest BCUT2D eigenvalue weighted by Crippen LogP contribution is 2.39. The van der Waals surface area contributed by atoms with Gasteiger partial charge in [0.2, 0.25) is 0 Å². The van der Waals surface area contributed by atoms with Crippen LogP contribution >= 0.6 is 0 Å². The number of carbonyl (C=O) groups excluding carboxylic acids is 2. The Bertz CT molecular complexity index is 767. The van der Waals surface area contributed by atoms with Gasteiger partial charge in [0.15, 0.2) is 0 Å². The van der Waals surface area contributed by atoms with Crippen LogP contribution in [0, 0.1) is 0 Å². The monoisotopic (exact) mass is 360 g/mol. The van der Waals surface area contributed by atoms with Gasteiger partial charge in [0.25, 0.3) is 0 Å². The fraction of sp³-hybridized carbons (Fsp3) is 0.368. The van der Waals surface area contributed by atoms with Crippen LogP contribution in [-0.2, 0) is 23.8 Å². The first-order valence-electron chi connectivity index (χ1n) is 8.19. The van der Waals surface area contributed by atoms with Crippen molar-refractivity contribution in [1.82, 2.24) is 5.32 Å². The number of methoxy groups -OCH3 is 2. The molecular formula is C19H24N2O5. The molecule has 1 aromatic rings. The van der Waals surface area contributed by atoms with E-state index in [9.17, 15) is 9.59 Å². The van der Waals surface area contributed by atoms with Crippen LogP contribution in [0.3, 0.4) is 0 Å². The average molecular weight is 360 g/mol. The van der Waals surface area contributed by atoms with Gasteiger partial charge >= 0.3 is 11.9 Å². The van der Waals surface area contributed by atoms with Crippen molar-refractivity contribution in [3.05, 3.63) is 52.4 Å². The van der Waals surface area contributed by atoms with Crippen LogP contribution in [0.5, 0.6) is 0 Å². The molecular weight excluding hydrogens is 336 g/mol. The number of hydrogen-bond donors (Lipinski definition) is 2. The van der Waals surface area contributed by atoms with Gasteiger partial charge in [-0.15, -0.1) is 0 Å². The Morgan fingerprint density at radius 1 is 1.08 bits per heavy atom. The van der Waals surface area contributed by atoms with E-state index < -0.39 is 17.9 Å². The molecule has 0 aliphatic carbocycles. The number of nitrogen functional groups attached to an aromatic ring is 1. The van der Waals surface area contributed by atoms with Gasteiger partial charge in [-0.05, 0) is 31.5 Å². The van der Waals surface area contributed by atoms with E-state index in [1.807, 2.05) is 6.07 Å². The minimum Gasteiger partial charge on any atom is -0.466 e. The van der Waals surface area contributed by atoms with Gasteiger partial charge in [0.05, 0.1) is 30.8 Å². The lowest BCUT2D eigenvalue weighted by atomic mass is 9.80. The number of nitrogens with two attached hydrogens (primary N) is 1. The summed E-state index contributed by atoms with van der Waals surface area (Å²) in [6.07, 6.45) is 0. The maximum Gasteiger partial charge on any atom is 0.336 e. The van der Waals surface area contributed by atoms with Gasteiger partial charge < -0.3 is 25.3 Å². The Morgan fingerprint density at radius 2 is 1.73 bits per heavy atom. The number of benzene rings is 1. The Hall–Kier alpha value is -2.80. The number of anilines is 1. The van der Waals surface area contributed by atoms with Crippen molar-refractivity contribution in [3.8, 4) is 0 Å². The zero-order valence-electron chi connectivity index (χ0n) is 15.4. The van der Waals surface area contributed by atoms with Gasteiger partial charge in [0, 0.05) is 24.2 Å². The molecule has 0 saturated heterocycles. The van der Waals surface area contributed by atoms with Gasteiger partial charge in [-0.2, -0.15) is 0 Å². The molecule has 1 atom stereocenters. The summed E-state index contributed by atoms with van der Waals surface area (Å²) in [5.41, 5.74) is 9.09. The van der Waals surface area contributed by atoms with E-state index in [2.05, 4.69) is 5.32 Å². The number of allylic oxidation sites excluding steroid dienone is 2. The van der Waals surface area contributed by atoms with E-state index in [4.69, 9.17) is 19.9 Å². The average Bonchev–Trinajstić information content (AvgIpc) is 2.60. The van der Waals surface area contributed by atoms with E-state index in [0.717, 1.165) is 0 Å². The molecule has 0 saturated carbocycles. The number of ether oxygens (including phenoxy) is 3. The van der Waals surface area contributed by atoms with Gasteiger partial charge in [-0.3, -0.25) is 0 Å². The molecule has 1 unspecified atom stereocenters. The van der Waals surface area contributed by atoms with Gasteiger partial charge in [-0.25, -0.2) is 9.59 Å². The Kier molecular flexibility index (Phi) is 6.41. The summed E-state index contributed by atoms with van der Waals surface area (Å²) in [5, 5.41) is 3.08. The molecule has 0 bridgehead atoms. The fourth-order valence-electron chi connectivity index (χ4n) is 3.01. The molecule has 26 heavy (non-hydrogen) atoms. The molecule has 2 rings (SSSR count). The summed E-state index contributed by atoms with van der Waals surface area (Å²) in [4.78, 5) is 25.2. The largest absolute Gasteiger partial charge is 0.466 e. The second-order valence-electron chi connectivity index (χ2n) is 5.93. The predicted molar refractivity (Wildman–Crippen MR) is 97.0 cm³/mol. The highest BCUT2D eigenvalue weighted by Gasteiger charge is 2.37. The van der Waals surface area contributed by atoms with Crippen LogP contribution in [0.15, 0.2) is 46.8 Å². The quantitative estimate of drug-likeness (QED) is 0.454. The van der Waals surface area contributed by atoms with Crippen molar-refractivity contribution < 1.29 is 23.8 Å². The van der Waals surface area contributed by atoms with Crippen LogP contribution in [0.25, 0.3) is 0 Å². The first-order valence-corrected chi connectivity index (χ1v) is 8.19. The number of hydrogen-bond acceptors (Lipinski definition) is 7.